The van der Waals surface area contributed by atoms with Crippen LogP contribution in [0.5, 0.6) is 0 Å². The first kappa shape index (κ1) is 14.6. The molecule has 5 heteroatoms. The SMILES string of the molecule is CN=C(NCC1CCN(C2CC2)C1)NC(C)COC. The van der Waals surface area contributed by atoms with E-state index in [-0.39, 0.29) is 6.04 Å². The van der Waals surface area contributed by atoms with Gasteiger partial charge in [-0.15, -0.1) is 0 Å². The third-order valence-corrected chi connectivity index (χ3v) is 3.96. The minimum absolute atomic E-state index is 0.280. The molecule has 2 N–H and O–H groups in total. The van der Waals surface area contributed by atoms with E-state index < -0.39 is 0 Å². The highest BCUT2D eigenvalue weighted by molar-refractivity contribution is 5.79. The van der Waals surface area contributed by atoms with Gasteiger partial charge < -0.3 is 20.3 Å². The number of hydrogen-bond acceptors (Lipinski definition) is 3. The lowest BCUT2D eigenvalue weighted by molar-refractivity contribution is 0.179. The maximum Gasteiger partial charge on any atom is 0.191 e. The number of guanidine groups is 1. The molecule has 1 saturated heterocycles. The van der Waals surface area contributed by atoms with E-state index in [1.54, 1.807) is 7.11 Å². The van der Waals surface area contributed by atoms with Gasteiger partial charge in [-0.25, -0.2) is 0 Å². The number of nitrogens with one attached hydrogen (secondary N) is 2. The highest BCUT2D eigenvalue weighted by Gasteiger charge is 2.34. The number of methoxy groups -OCH3 is 1. The van der Waals surface area contributed by atoms with Gasteiger partial charge in [-0.05, 0) is 38.6 Å². The summed E-state index contributed by atoms with van der Waals surface area (Å²) in [5.74, 6) is 1.64. The van der Waals surface area contributed by atoms with Crippen LogP contribution in [0.25, 0.3) is 0 Å². The zero-order valence-electron chi connectivity index (χ0n) is 12.5. The molecule has 0 aromatic carbocycles. The minimum atomic E-state index is 0.280. The first-order valence-electron chi connectivity index (χ1n) is 7.43. The fraction of sp³-hybridized carbons (Fsp3) is 0.929. The Balaban J connectivity index is 1.65. The normalized spacial score (nSPS) is 26.5. The fourth-order valence-corrected chi connectivity index (χ4v) is 2.76. The Bertz CT molecular complexity index is 304. The van der Waals surface area contributed by atoms with Crippen molar-refractivity contribution < 1.29 is 4.74 Å². The largest absolute Gasteiger partial charge is 0.383 e. The number of rotatable bonds is 6. The van der Waals surface area contributed by atoms with Crippen molar-refractivity contribution in [2.45, 2.75) is 38.3 Å². The summed E-state index contributed by atoms with van der Waals surface area (Å²) in [6.45, 7) is 6.34. The van der Waals surface area contributed by atoms with Crippen molar-refractivity contribution in [3.05, 3.63) is 0 Å². The Morgan fingerprint density at radius 3 is 2.84 bits per heavy atom. The van der Waals surface area contributed by atoms with E-state index in [1.807, 2.05) is 7.05 Å². The lowest BCUT2D eigenvalue weighted by Gasteiger charge is -2.19. The summed E-state index contributed by atoms with van der Waals surface area (Å²) in [5, 5.41) is 6.78. The highest BCUT2D eigenvalue weighted by Crippen LogP contribution is 2.31. The van der Waals surface area contributed by atoms with Gasteiger partial charge in [0.15, 0.2) is 5.96 Å². The van der Waals surface area contributed by atoms with E-state index in [9.17, 15) is 0 Å². The minimum Gasteiger partial charge on any atom is -0.383 e. The molecular weight excluding hydrogens is 240 g/mol. The maximum atomic E-state index is 5.12. The summed E-state index contributed by atoms with van der Waals surface area (Å²) in [6, 6.07) is 1.19. The standard InChI is InChI=1S/C14H28N4O/c1-11(10-19-3)17-14(15-2)16-8-12-6-7-18(9-12)13-4-5-13/h11-13H,4-10H2,1-3H3,(H2,15,16,17). The van der Waals surface area contributed by atoms with Crippen molar-refractivity contribution in [2.24, 2.45) is 10.9 Å². The van der Waals surface area contributed by atoms with Gasteiger partial charge in [0, 0.05) is 39.3 Å². The lowest BCUT2D eigenvalue weighted by Crippen LogP contribution is -2.45. The fourth-order valence-electron chi connectivity index (χ4n) is 2.76. The Kier molecular flexibility index (Phi) is 5.45. The van der Waals surface area contributed by atoms with E-state index in [1.165, 1.54) is 32.4 Å². The van der Waals surface area contributed by atoms with E-state index in [0.29, 0.717) is 6.61 Å². The van der Waals surface area contributed by atoms with Gasteiger partial charge in [0.2, 0.25) is 0 Å². The molecule has 2 fully saturated rings. The van der Waals surface area contributed by atoms with Gasteiger partial charge in [0.1, 0.15) is 0 Å². The van der Waals surface area contributed by atoms with Gasteiger partial charge in [-0.3, -0.25) is 4.99 Å². The summed E-state index contributed by atoms with van der Waals surface area (Å²) in [4.78, 5) is 6.91. The molecule has 0 bridgehead atoms. The molecule has 2 atom stereocenters. The second kappa shape index (κ2) is 7.10. The van der Waals surface area contributed by atoms with Gasteiger partial charge in [-0.1, -0.05) is 0 Å². The third kappa shape index (κ3) is 4.66. The smallest absolute Gasteiger partial charge is 0.191 e. The van der Waals surface area contributed by atoms with Crippen LogP contribution in [0.1, 0.15) is 26.2 Å². The summed E-state index contributed by atoms with van der Waals surface area (Å²) >= 11 is 0. The van der Waals surface area contributed by atoms with Gasteiger partial charge >= 0.3 is 0 Å². The Morgan fingerprint density at radius 2 is 2.21 bits per heavy atom. The van der Waals surface area contributed by atoms with Gasteiger partial charge in [-0.2, -0.15) is 0 Å². The number of ether oxygens (including phenoxy) is 1. The predicted molar refractivity (Wildman–Crippen MR) is 78.5 cm³/mol. The van der Waals surface area contributed by atoms with Crippen molar-refractivity contribution in [1.82, 2.24) is 15.5 Å². The topological polar surface area (TPSA) is 48.9 Å². The van der Waals surface area contributed by atoms with Crippen LogP contribution >= 0.6 is 0 Å². The molecule has 2 aliphatic rings. The molecular formula is C14H28N4O. The van der Waals surface area contributed by atoms with Crippen LogP contribution in [-0.4, -0.2) is 63.3 Å². The van der Waals surface area contributed by atoms with E-state index in [0.717, 1.165) is 24.5 Å². The van der Waals surface area contributed by atoms with Crippen LogP contribution < -0.4 is 10.6 Å². The maximum absolute atomic E-state index is 5.12. The molecule has 1 saturated carbocycles. The monoisotopic (exact) mass is 268 g/mol. The molecule has 0 spiro atoms. The lowest BCUT2D eigenvalue weighted by atomic mass is 10.1. The molecule has 19 heavy (non-hydrogen) atoms. The Morgan fingerprint density at radius 1 is 1.42 bits per heavy atom. The van der Waals surface area contributed by atoms with Crippen molar-refractivity contribution in [2.75, 3.05) is 40.4 Å². The Hall–Kier alpha value is -0.810. The molecule has 1 aliphatic carbocycles. The Labute approximate surface area is 116 Å². The molecule has 2 unspecified atom stereocenters. The van der Waals surface area contributed by atoms with Crippen LogP contribution in [0.3, 0.4) is 0 Å². The quantitative estimate of drug-likeness (QED) is 0.549. The number of nitrogens with zero attached hydrogens (tertiary/aromatic N) is 2. The first-order chi connectivity index (χ1) is 9.22. The number of aliphatic imine (C=N–C) groups is 1. The molecule has 1 aliphatic heterocycles. The van der Waals surface area contributed by atoms with Crippen LogP contribution in [0.4, 0.5) is 0 Å². The molecule has 0 aromatic rings. The van der Waals surface area contributed by atoms with Crippen LogP contribution in [-0.2, 0) is 4.74 Å². The van der Waals surface area contributed by atoms with Crippen LogP contribution in [0, 0.1) is 5.92 Å². The average Bonchev–Trinajstić information content (AvgIpc) is 3.14. The summed E-state index contributed by atoms with van der Waals surface area (Å²) in [7, 11) is 3.54. The zero-order valence-corrected chi connectivity index (χ0v) is 12.5. The second-order valence-corrected chi connectivity index (χ2v) is 5.83. The molecule has 0 amide bonds. The summed E-state index contributed by atoms with van der Waals surface area (Å²) < 4.78 is 5.12. The van der Waals surface area contributed by atoms with Gasteiger partial charge in [0.25, 0.3) is 0 Å². The van der Waals surface area contributed by atoms with Crippen LogP contribution in [0.2, 0.25) is 0 Å². The summed E-state index contributed by atoms with van der Waals surface area (Å²) in [6.07, 6.45) is 4.14. The van der Waals surface area contributed by atoms with Crippen molar-refractivity contribution in [3.8, 4) is 0 Å². The summed E-state index contributed by atoms with van der Waals surface area (Å²) in [5.41, 5.74) is 0. The van der Waals surface area contributed by atoms with Gasteiger partial charge in [0.05, 0.1) is 6.61 Å². The second-order valence-electron chi connectivity index (χ2n) is 5.83. The number of likely N-dealkylation sites (tertiary alicyclic amines) is 1. The van der Waals surface area contributed by atoms with E-state index >= 15 is 0 Å². The van der Waals surface area contributed by atoms with Crippen molar-refractivity contribution in [1.29, 1.82) is 0 Å². The molecule has 0 radical (unpaired) electrons. The first-order valence-corrected chi connectivity index (χ1v) is 7.43. The highest BCUT2D eigenvalue weighted by atomic mass is 16.5. The zero-order chi connectivity index (χ0) is 13.7. The molecule has 110 valence electrons. The van der Waals surface area contributed by atoms with E-state index in [4.69, 9.17) is 4.74 Å². The molecule has 0 aromatic heterocycles. The predicted octanol–water partition coefficient (Wildman–Crippen LogP) is 0.671. The van der Waals surface area contributed by atoms with Crippen molar-refractivity contribution in [3.63, 3.8) is 0 Å². The van der Waals surface area contributed by atoms with E-state index in [2.05, 4.69) is 27.4 Å². The van der Waals surface area contributed by atoms with Crippen molar-refractivity contribution >= 4 is 5.96 Å². The third-order valence-electron chi connectivity index (χ3n) is 3.96. The average molecular weight is 268 g/mol. The van der Waals surface area contributed by atoms with Crippen LogP contribution in [0.15, 0.2) is 4.99 Å². The number of hydrogen-bond donors (Lipinski definition) is 2. The molecule has 2 rings (SSSR count). The molecule has 1 heterocycles. The molecule has 5 nitrogen and oxygen atoms in total.